The highest BCUT2D eigenvalue weighted by atomic mass is 35.5. The molecule has 1 N–H and O–H groups in total. The summed E-state index contributed by atoms with van der Waals surface area (Å²) in [4.78, 5) is 0. The second-order valence-corrected chi connectivity index (χ2v) is 4.52. The summed E-state index contributed by atoms with van der Waals surface area (Å²) in [6.07, 6.45) is 2.96. The third-order valence-corrected chi connectivity index (χ3v) is 3.51. The van der Waals surface area contributed by atoms with E-state index in [1.54, 1.807) is 0 Å². The van der Waals surface area contributed by atoms with Crippen LogP contribution in [-0.2, 0) is 0 Å². The zero-order valence-corrected chi connectivity index (χ0v) is 9.09. The first-order chi connectivity index (χ1) is 6.68. The number of aryl methyl sites for hydroxylation is 1. The van der Waals surface area contributed by atoms with Crippen molar-refractivity contribution < 1.29 is 5.11 Å². The Morgan fingerprint density at radius 1 is 1.36 bits per heavy atom. The third-order valence-electron chi connectivity index (χ3n) is 3.10. The Morgan fingerprint density at radius 2 is 2.14 bits per heavy atom. The van der Waals surface area contributed by atoms with E-state index in [9.17, 15) is 5.11 Å². The van der Waals surface area contributed by atoms with E-state index in [-0.39, 0.29) is 6.10 Å². The van der Waals surface area contributed by atoms with Gasteiger partial charge in [0, 0.05) is 10.9 Å². The molecule has 2 atom stereocenters. The van der Waals surface area contributed by atoms with E-state index in [1.165, 1.54) is 5.56 Å². The third kappa shape index (κ3) is 1.79. The summed E-state index contributed by atoms with van der Waals surface area (Å²) in [6, 6.07) is 6.11. The van der Waals surface area contributed by atoms with Crippen LogP contribution in [0.15, 0.2) is 18.2 Å². The van der Waals surface area contributed by atoms with Crippen LogP contribution in [0, 0.1) is 6.92 Å². The van der Waals surface area contributed by atoms with E-state index in [4.69, 9.17) is 11.6 Å². The lowest BCUT2D eigenvalue weighted by atomic mass is 9.95. The minimum absolute atomic E-state index is 0.172. The molecular formula is C12H15ClO. The van der Waals surface area contributed by atoms with Crippen LogP contribution in [-0.4, -0.2) is 11.2 Å². The van der Waals surface area contributed by atoms with Crippen LogP contribution in [0.4, 0.5) is 0 Å². The number of halogens is 1. The molecular weight excluding hydrogens is 196 g/mol. The maximum absolute atomic E-state index is 9.76. The van der Waals surface area contributed by atoms with Gasteiger partial charge in [-0.1, -0.05) is 30.2 Å². The van der Waals surface area contributed by atoms with E-state index in [0.717, 1.165) is 29.8 Å². The van der Waals surface area contributed by atoms with Crippen LogP contribution in [0.1, 0.15) is 36.3 Å². The maximum Gasteiger partial charge on any atom is 0.0608 e. The summed E-state index contributed by atoms with van der Waals surface area (Å²) in [5.74, 6) is 0.299. The molecule has 0 unspecified atom stereocenters. The number of hydrogen-bond donors (Lipinski definition) is 1. The molecule has 1 aliphatic rings. The normalized spacial score (nSPS) is 26.8. The van der Waals surface area contributed by atoms with Gasteiger partial charge < -0.3 is 5.11 Å². The first kappa shape index (κ1) is 10.0. The van der Waals surface area contributed by atoms with Crippen molar-refractivity contribution in [2.45, 2.75) is 38.2 Å². The molecule has 0 amide bonds. The molecule has 1 saturated carbocycles. The molecule has 1 aliphatic carbocycles. The number of rotatable bonds is 1. The van der Waals surface area contributed by atoms with Crippen LogP contribution in [0.5, 0.6) is 0 Å². The van der Waals surface area contributed by atoms with Crippen molar-refractivity contribution in [1.82, 2.24) is 0 Å². The predicted octanol–water partition coefficient (Wildman–Crippen LogP) is 3.28. The number of hydrogen-bond acceptors (Lipinski definition) is 1. The van der Waals surface area contributed by atoms with E-state index < -0.39 is 0 Å². The van der Waals surface area contributed by atoms with Gasteiger partial charge in [0.2, 0.25) is 0 Å². The lowest BCUT2D eigenvalue weighted by Gasteiger charge is -2.15. The molecule has 1 nitrogen and oxygen atoms in total. The monoisotopic (exact) mass is 210 g/mol. The second kappa shape index (κ2) is 3.92. The molecule has 1 fully saturated rings. The molecule has 0 radical (unpaired) electrons. The Morgan fingerprint density at radius 3 is 2.71 bits per heavy atom. The molecule has 76 valence electrons. The lowest BCUT2D eigenvalue weighted by Crippen LogP contribution is -2.10. The van der Waals surface area contributed by atoms with E-state index in [1.807, 2.05) is 19.1 Å². The van der Waals surface area contributed by atoms with Crippen molar-refractivity contribution >= 4 is 11.6 Å². The summed E-state index contributed by atoms with van der Waals surface area (Å²) in [7, 11) is 0. The van der Waals surface area contributed by atoms with Gasteiger partial charge in [0.05, 0.1) is 6.10 Å². The standard InChI is InChI=1S/C12H15ClO/c1-8-5-6-9(7-11(8)13)10-3-2-4-12(10)14/h5-7,10,12,14H,2-4H2,1H3/t10-,12+/m1/s1. The van der Waals surface area contributed by atoms with Gasteiger partial charge in [-0.05, 0) is 37.0 Å². The SMILES string of the molecule is Cc1ccc([C@H]2CCC[C@@H]2O)cc1Cl. The van der Waals surface area contributed by atoms with Crippen LogP contribution in [0.25, 0.3) is 0 Å². The predicted molar refractivity (Wildman–Crippen MR) is 58.8 cm³/mol. The number of aliphatic hydroxyl groups is 1. The van der Waals surface area contributed by atoms with Crippen LogP contribution < -0.4 is 0 Å². The Balaban J connectivity index is 2.28. The average molecular weight is 211 g/mol. The van der Waals surface area contributed by atoms with Crippen molar-refractivity contribution in [1.29, 1.82) is 0 Å². The number of aliphatic hydroxyl groups excluding tert-OH is 1. The van der Waals surface area contributed by atoms with E-state index in [2.05, 4.69) is 6.07 Å². The highest BCUT2D eigenvalue weighted by molar-refractivity contribution is 6.31. The first-order valence-electron chi connectivity index (χ1n) is 5.12. The first-order valence-corrected chi connectivity index (χ1v) is 5.50. The van der Waals surface area contributed by atoms with Crippen molar-refractivity contribution in [3.05, 3.63) is 34.3 Å². The molecule has 0 saturated heterocycles. The Labute approximate surface area is 89.7 Å². The summed E-state index contributed by atoms with van der Waals surface area (Å²) >= 11 is 6.06. The fraction of sp³-hybridized carbons (Fsp3) is 0.500. The van der Waals surface area contributed by atoms with Crippen molar-refractivity contribution in [2.24, 2.45) is 0 Å². The molecule has 0 spiro atoms. The van der Waals surface area contributed by atoms with Gasteiger partial charge in [-0.2, -0.15) is 0 Å². The second-order valence-electron chi connectivity index (χ2n) is 4.11. The fourth-order valence-electron chi connectivity index (χ4n) is 2.17. The topological polar surface area (TPSA) is 20.2 Å². The smallest absolute Gasteiger partial charge is 0.0608 e. The highest BCUT2D eigenvalue weighted by Crippen LogP contribution is 2.35. The van der Waals surface area contributed by atoms with Gasteiger partial charge in [0.25, 0.3) is 0 Å². The van der Waals surface area contributed by atoms with E-state index in [0.29, 0.717) is 5.92 Å². The summed E-state index contributed by atoms with van der Waals surface area (Å²) in [6.45, 7) is 2.00. The molecule has 1 aromatic carbocycles. The van der Waals surface area contributed by atoms with Gasteiger partial charge in [-0.3, -0.25) is 0 Å². The van der Waals surface area contributed by atoms with Crippen LogP contribution >= 0.6 is 11.6 Å². The fourth-order valence-corrected chi connectivity index (χ4v) is 2.36. The van der Waals surface area contributed by atoms with Crippen molar-refractivity contribution in [3.63, 3.8) is 0 Å². The zero-order chi connectivity index (χ0) is 10.1. The molecule has 14 heavy (non-hydrogen) atoms. The van der Waals surface area contributed by atoms with E-state index >= 15 is 0 Å². The quantitative estimate of drug-likeness (QED) is 0.755. The molecule has 0 aliphatic heterocycles. The Bertz CT molecular complexity index is 335. The van der Waals surface area contributed by atoms with Crippen molar-refractivity contribution in [3.8, 4) is 0 Å². The summed E-state index contributed by atoms with van der Waals surface area (Å²) in [5, 5.41) is 10.6. The summed E-state index contributed by atoms with van der Waals surface area (Å²) < 4.78 is 0. The Hall–Kier alpha value is -0.530. The molecule has 2 heteroatoms. The molecule has 0 aromatic heterocycles. The summed E-state index contributed by atoms with van der Waals surface area (Å²) in [5.41, 5.74) is 2.29. The van der Waals surface area contributed by atoms with Gasteiger partial charge in [0.15, 0.2) is 0 Å². The zero-order valence-electron chi connectivity index (χ0n) is 8.33. The Kier molecular flexibility index (Phi) is 2.80. The van der Waals surface area contributed by atoms with Gasteiger partial charge in [-0.25, -0.2) is 0 Å². The minimum atomic E-state index is -0.172. The van der Waals surface area contributed by atoms with Gasteiger partial charge >= 0.3 is 0 Å². The maximum atomic E-state index is 9.76. The number of benzene rings is 1. The van der Waals surface area contributed by atoms with Crippen LogP contribution in [0.3, 0.4) is 0 Å². The van der Waals surface area contributed by atoms with Gasteiger partial charge in [0.1, 0.15) is 0 Å². The van der Waals surface area contributed by atoms with Crippen molar-refractivity contribution in [2.75, 3.05) is 0 Å². The average Bonchev–Trinajstić information content (AvgIpc) is 2.57. The molecule has 0 heterocycles. The van der Waals surface area contributed by atoms with Gasteiger partial charge in [-0.15, -0.1) is 0 Å². The highest BCUT2D eigenvalue weighted by Gasteiger charge is 2.26. The molecule has 0 bridgehead atoms. The largest absolute Gasteiger partial charge is 0.392 e. The molecule has 2 rings (SSSR count). The minimum Gasteiger partial charge on any atom is -0.392 e. The molecule has 1 aromatic rings. The van der Waals surface area contributed by atoms with Crippen LogP contribution in [0.2, 0.25) is 5.02 Å². The lowest BCUT2D eigenvalue weighted by molar-refractivity contribution is 0.164.